The molecule has 4 heteroatoms. The molecule has 0 heterocycles. The van der Waals surface area contributed by atoms with Crippen molar-refractivity contribution < 1.29 is 9.84 Å². The summed E-state index contributed by atoms with van der Waals surface area (Å²) in [5.41, 5.74) is 6.29. The number of ether oxygens (including phenoxy) is 1. The predicted octanol–water partition coefficient (Wildman–Crippen LogP) is 1.74. The van der Waals surface area contributed by atoms with Crippen LogP contribution in [0.15, 0.2) is 24.3 Å². The van der Waals surface area contributed by atoms with Crippen molar-refractivity contribution >= 4 is 5.69 Å². The molecule has 0 aliphatic rings. The fourth-order valence-electron chi connectivity index (χ4n) is 1.63. The van der Waals surface area contributed by atoms with Crippen LogP contribution in [0.4, 0.5) is 5.69 Å². The van der Waals surface area contributed by atoms with Gasteiger partial charge in [-0.2, -0.15) is 0 Å². The Morgan fingerprint density at radius 1 is 1.33 bits per heavy atom. The van der Waals surface area contributed by atoms with Crippen molar-refractivity contribution in [3.05, 3.63) is 24.3 Å². The van der Waals surface area contributed by atoms with Gasteiger partial charge < -0.3 is 20.5 Å². The molecule has 0 saturated heterocycles. The third-order valence-corrected chi connectivity index (χ3v) is 3.16. The smallest absolute Gasteiger partial charge is 0.119 e. The molecule has 0 saturated carbocycles. The average Bonchev–Trinajstić information content (AvgIpc) is 2.37. The van der Waals surface area contributed by atoms with Crippen LogP contribution in [0, 0.1) is 0 Å². The van der Waals surface area contributed by atoms with E-state index in [1.807, 2.05) is 7.05 Å². The standard InChI is InChI=1S/C14H24N2O2/c1-4-11(2)16(3)9-13(17)10-18-14-7-5-12(15)6-8-14/h5-8,11,13,17H,4,9-10,15H2,1-3H3. The zero-order chi connectivity index (χ0) is 13.5. The van der Waals surface area contributed by atoms with Gasteiger partial charge in [-0.05, 0) is 44.7 Å². The summed E-state index contributed by atoms with van der Waals surface area (Å²) in [6, 6.07) is 7.65. The maximum atomic E-state index is 9.89. The van der Waals surface area contributed by atoms with Crippen molar-refractivity contribution in [1.29, 1.82) is 0 Å². The molecule has 4 nitrogen and oxygen atoms in total. The van der Waals surface area contributed by atoms with E-state index in [9.17, 15) is 5.11 Å². The molecule has 3 N–H and O–H groups in total. The van der Waals surface area contributed by atoms with Crippen molar-refractivity contribution in [1.82, 2.24) is 4.90 Å². The molecule has 0 fully saturated rings. The van der Waals surface area contributed by atoms with Gasteiger partial charge in [0, 0.05) is 18.3 Å². The quantitative estimate of drug-likeness (QED) is 0.726. The SMILES string of the molecule is CCC(C)N(C)CC(O)COc1ccc(N)cc1. The van der Waals surface area contributed by atoms with E-state index in [1.54, 1.807) is 24.3 Å². The average molecular weight is 252 g/mol. The van der Waals surface area contributed by atoms with E-state index >= 15 is 0 Å². The highest BCUT2D eigenvalue weighted by Gasteiger charge is 2.12. The van der Waals surface area contributed by atoms with Gasteiger partial charge in [0.05, 0.1) is 0 Å². The van der Waals surface area contributed by atoms with E-state index in [0.717, 1.165) is 12.2 Å². The molecule has 0 aromatic heterocycles. The Morgan fingerprint density at radius 2 is 1.94 bits per heavy atom. The van der Waals surface area contributed by atoms with Crippen molar-refractivity contribution in [3.63, 3.8) is 0 Å². The Bertz CT molecular complexity index is 340. The second-order valence-electron chi connectivity index (χ2n) is 4.73. The van der Waals surface area contributed by atoms with Crippen molar-refractivity contribution in [2.45, 2.75) is 32.4 Å². The third kappa shape index (κ3) is 4.94. The van der Waals surface area contributed by atoms with Crippen LogP contribution >= 0.6 is 0 Å². The van der Waals surface area contributed by atoms with Gasteiger partial charge in [-0.1, -0.05) is 6.92 Å². The lowest BCUT2D eigenvalue weighted by molar-refractivity contribution is 0.0649. The number of benzene rings is 1. The van der Waals surface area contributed by atoms with E-state index in [2.05, 4.69) is 18.7 Å². The Hall–Kier alpha value is -1.26. The molecular formula is C14H24N2O2. The van der Waals surface area contributed by atoms with Crippen LogP contribution < -0.4 is 10.5 Å². The van der Waals surface area contributed by atoms with Crippen LogP contribution in [-0.4, -0.2) is 42.4 Å². The lowest BCUT2D eigenvalue weighted by Crippen LogP contribution is -2.38. The number of nitrogens with zero attached hydrogens (tertiary/aromatic N) is 1. The summed E-state index contributed by atoms with van der Waals surface area (Å²) < 4.78 is 5.50. The van der Waals surface area contributed by atoms with E-state index in [0.29, 0.717) is 24.9 Å². The van der Waals surface area contributed by atoms with Crippen LogP contribution in [0.3, 0.4) is 0 Å². The van der Waals surface area contributed by atoms with Gasteiger partial charge in [-0.15, -0.1) is 0 Å². The second-order valence-corrected chi connectivity index (χ2v) is 4.73. The Morgan fingerprint density at radius 3 is 2.50 bits per heavy atom. The van der Waals surface area contributed by atoms with Crippen LogP contribution in [-0.2, 0) is 0 Å². The summed E-state index contributed by atoms with van der Waals surface area (Å²) in [5, 5.41) is 9.89. The number of rotatable bonds is 7. The summed E-state index contributed by atoms with van der Waals surface area (Å²) in [5.74, 6) is 0.731. The lowest BCUT2D eigenvalue weighted by Gasteiger charge is -2.26. The number of anilines is 1. The molecule has 1 aromatic carbocycles. The van der Waals surface area contributed by atoms with Crippen LogP contribution in [0.5, 0.6) is 5.75 Å². The molecule has 102 valence electrons. The number of likely N-dealkylation sites (N-methyl/N-ethyl adjacent to an activating group) is 1. The second kappa shape index (κ2) is 7.24. The summed E-state index contributed by atoms with van der Waals surface area (Å²) in [7, 11) is 2.01. The largest absolute Gasteiger partial charge is 0.491 e. The van der Waals surface area contributed by atoms with Gasteiger partial charge in [0.2, 0.25) is 0 Å². The van der Waals surface area contributed by atoms with Crippen molar-refractivity contribution in [3.8, 4) is 5.75 Å². The maximum Gasteiger partial charge on any atom is 0.119 e. The molecule has 2 atom stereocenters. The van der Waals surface area contributed by atoms with E-state index in [-0.39, 0.29) is 0 Å². The number of nitrogens with two attached hydrogens (primary N) is 1. The van der Waals surface area contributed by atoms with E-state index in [4.69, 9.17) is 10.5 Å². The summed E-state index contributed by atoms with van der Waals surface area (Å²) in [6.45, 7) is 5.20. The highest BCUT2D eigenvalue weighted by molar-refractivity contribution is 5.41. The molecule has 0 aliphatic carbocycles. The zero-order valence-electron chi connectivity index (χ0n) is 11.5. The first-order valence-corrected chi connectivity index (χ1v) is 6.39. The molecule has 0 amide bonds. The van der Waals surface area contributed by atoms with Gasteiger partial charge >= 0.3 is 0 Å². The number of aliphatic hydroxyl groups excluding tert-OH is 1. The van der Waals surface area contributed by atoms with Gasteiger partial charge in [-0.3, -0.25) is 0 Å². The minimum Gasteiger partial charge on any atom is -0.491 e. The molecule has 0 bridgehead atoms. The van der Waals surface area contributed by atoms with Crippen LogP contribution in [0.25, 0.3) is 0 Å². The van der Waals surface area contributed by atoms with E-state index < -0.39 is 6.10 Å². The summed E-state index contributed by atoms with van der Waals surface area (Å²) >= 11 is 0. The van der Waals surface area contributed by atoms with Gasteiger partial charge in [0.15, 0.2) is 0 Å². The summed E-state index contributed by atoms with van der Waals surface area (Å²) in [6.07, 6.45) is 0.587. The highest BCUT2D eigenvalue weighted by Crippen LogP contribution is 2.13. The van der Waals surface area contributed by atoms with Crippen LogP contribution in [0.2, 0.25) is 0 Å². The van der Waals surface area contributed by atoms with Gasteiger partial charge in [-0.25, -0.2) is 0 Å². The molecule has 0 aliphatic heterocycles. The van der Waals surface area contributed by atoms with Gasteiger partial charge in [0.25, 0.3) is 0 Å². The minimum atomic E-state index is -0.485. The van der Waals surface area contributed by atoms with Crippen molar-refractivity contribution in [2.75, 3.05) is 25.9 Å². The molecular weight excluding hydrogens is 228 g/mol. The maximum absolute atomic E-state index is 9.89. The molecule has 2 unspecified atom stereocenters. The Kier molecular flexibility index (Phi) is 5.95. The number of aliphatic hydroxyl groups is 1. The summed E-state index contributed by atoms with van der Waals surface area (Å²) in [4.78, 5) is 2.14. The predicted molar refractivity (Wildman–Crippen MR) is 74.7 cm³/mol. The first-order chi connectivity index (χ1) is 8.52. The third-order valence-electron chi connectivity index (χ3n) is 3.16. The number of hydrogen-bond acceptors (Lipinski definition) is 4. The highest BCUT2D eigenvalue weighted by atomic mass is 16.5. The normalized spacial score (nSPS) is 14.5. The fourth-order valence-corrected chi connectivity index (χ4v) is 1.63. The van der Waals surface area contributed by atoms with Crippen molar-refractivity contribution in [2.24, 2.45) is 0 Å². The monoisotopic (exact) mass is 252 g/mol. The number of nitrogen functional groups attached to an aromatic ring is 1. The van der Waals surface area contributed by atoms with Gasteiger partial charge in [0.1, 0.15) is 18.5 Å². The molecule has 1 rings (SSSR count). The van der Waals surface area contributed by atoms with E-state index in [1.165, 1.54) is 0 Å². The topological polar surface area (TPSA) is 58.7 Å². The fraction of sp³-hybridized carbons (Fsp3) is 0.571. The first kappa shape index (κ1) is 14.8. The first-order valence-electron chi connectivity index (χ1n) is 6.39. The lowest BCUT2D eigenvalue weighted by atomic mass is 10.2. The Balaban J connectivity index is 2.32. The number of hydrogen-bond donors (Lipinski definition) is 2. The molecule has 1 aromatic rings. The zero-order valence-corrected chi connectivity index (χ0v) is 11.5. The minimum absolute atomic E-state index is 0.296. The Labute approximate surface area is 109 Å². The molecule has 0 spiro atoms. The molecule has 0 radical (unpaired) electrons. The molecule has 18 heavy (non-hydrogen) atoms. The van der Waals surface area contributed by atoms with Crippen LogP contribution in [0.1, 0.15) is 20.3 Å².